The molecule has 5 rings (SSSR count). The number of fused-ring (bicyclic) bond motifs is 2. The molecule has 3 N–H and O–H groups in total. The molecule has 0 fully saturated rings. The zero-order valence-electron chi connectivity index (χ0n) is 18.2. The van der Waals surface area contributed by atoms with E-state index in [4.69, 9.17) is 15.7 Å². The number of para-hydroxylation sites is 2. The third kappa shape index (κ3) is 4.32. The van der Waals surface area contributed by atoms with Gasteiger partial charge in [0.25, 0.3) is 5.91 Å². The van der Waals surface area contributed by atoms with Gasteiger partial charge >= 0.3 is 0 Å². The second-order valence-electron chi connectivity index (χ2n) is 8.10. The van der Waals surface area contributed by atoms with Crippen LogP contribution in [-0.4, -0.2) is 38.3 Å². The third-order valence-corrected chi connectivity index (χ3v) is 5.85. The molecule has 3 heterocycles. The Morgan fingerprint density at radius 1 is 1.12 bits per heavy atom. The van der Waals surface area contributed by atoms with Crippen LogP contribution in [0.4, 0.5) is 5.82 Å². The zero-order valence-corrected chi connectivity index (χ0v) is 18.2. The molecule has 0 spiro atoms. The lowest BCUT2D eigenvalue weighted by atomic mass is 9.97. The number of allylic oxidation sites excluding steroid dienone is 1. The van der Waals surface area contributed by atoms with E-state index in [0.717, 1.165) is 24.8 Å². The molecule has 0 saturated heterocycles. The largest absolute Gasteiger partial charge is 0.383 e. The van der Waals surface area contributed by atoms with Crippen LogP contribution < -0.4 is 11.1 Å². The van der Waals surface area contributed by atoms with Crippen LogP contribution >= 0.6 is 0 Å². The lowest BCUT2D eigenvalue weighted by Crippen LogP contribution is -2.25. The van der Waals surface area contributed by atoms with Gasteiger partial charge in [0.1, 0.15) is 16.9 Å². The number of nitrogens with two attached hydrogens (primary N) is 1. The minimum absolute atomic E-state index is 0.208. The molecule has 1 aliphatic rings. The van der Waals surface area contributed by atoms with E-state index in [0.29, 0.717) is 34.3 Å². The Bertz CT molecular complexity index is 1370. The first-order chi connectivity index (χ1) is 16.2. The van der Waals surface area contributed by atoms with Crippen molar-refractivity contribution in [2.45, 2.75) is 32.1 Å². The van der Waals surface area contributed by atoms with Crippen LogP contribution in [0.15, 0.2) is 65.5 Å². The normalized spacial score (nSPS) is 14.1. The summed E-state index contributed by atoms with van der Waals surface area (Å²) in [6.07, 6.45) is 12.9. The van der Waals surface area contributed by atoms with E-state index >= 15 is 0 Å². The summed E-state index contributed by atoms with van der Waals surface area (Å²) in [7, 11) is 0. The summed E-state index contributed by atoms with van der Waals surface area (Å²) in [6, 6.07) is 11.2. The van der Waals surface area contributed by atoms with Gasteiger partial charge in [0.15, 0.2) is 5.65 Å². The molecule has 0 bridgehead atoms. The number of nitrogens with zero attached hydrogens (tertiary/aromatic N) is 5. The first-order valence-corrected chi connectivity index (χ1v) is 11.2. The van der Waals surface area contributed by atoms with E-state index in [2.05, 4.69) is 21.5 Å². The van der Waals surface area contributed by atoms with Crippen LogP contribution in [0.2, 0.25) is 0 Å². The summed E-state index contributed by atoms with van der Waals surface area (Å²) in [4.78, 5) is 26.6. The highest BCUT2D eigenvalue weighted by atomic mass is 16.1. The number of hydrogen-bond acceptors (Lipinski definition) is 6. The van der Waals surface area contributed by atoms with E-state index in [9.17, 15) is 4.79 Å². The number of rotatable bonds is 6. The molecular weight excluding hydrogens is 414 g/mol. The van der Waals surface area contributed by atoms with Crippen LogP contribution in [0.5, 0.6) is 0 Å². The Kier molecular flexibility index (Phi) is 5.80. The Morgan fingerprint density at radius 2 is 1.91 bits per heavy atom. The Morgan fingerprint density at radius 3 is 2.67 bits per heavy atom. The lowest BCUT2D eigenvalue weighted by molar-refractivity contribution is 0.0956. The van der Waals surface area contributed by atoms with E-state index in [-0.39, 0.29) is 11.7 Å². The molecule has 1 aliphatic carbocycles. The average Bonchev–Trinajstić information content (AvgIpc) is 3.12. The summed E-state index contributed by atoms with van der Waals surface area (Å²) >= 11 is 0. The number of benzene rings is 1. The van der Waals surface area contributed by atoms with Crippen LogP contribution in [0, 0.1) is 0 Å². The summed E-state index contributed by atoms with van der Waals surface area (Å²) < 4.78 is 1.48. The summed E-state index contributed by atoms with van der Waals surface area (Å²) in [6.45, 7) is 0.554. The molecule has 3 aromatic heterocycles. The van der Waals surface area contributed by atoms with E-state index in [1.165, 1.54) is 23.1 Å². The second kappa shape index (κ2) is 9.20. The van der Waals surface area contributed by atoms with Crippen LogP contribution in [0.1, 0.15) is 48.0 Å². The Balaban J connectivity index is 1.52. The van der Waals surface area contributed by atoms with Gasteiger partial charge < -0.3 is 11.1 Å². The van der Waals surface area contributed by atoms with Crippen molar-refractivity contribution in [2.24, 2.45) is 5.10 Å². The Hall–Kier alpha value is -4.07. The maximum absolute atomic E-state index is 13.2. The van der Waals surface area contributed by atoms with Gasteiger partial charge in [-0.3, -0.25) is 9.78 Å². The first kappa shape index (κ1) is 20.8. The highest BCUT2D eigenvalue weighted by molar-refractivity contribution is 6.10. The first-order valence-electron chi connectivity index (χ1n) is 11.2. The Labute approximate surface area is 191 Å². The predicted octanol–water partition coefficient (Wildman–Crippen LogP) is 4.06. The van der Waals surface area contributed by atoms with Crippen molar-refractivity contribution >= 4 is 40.1 Å². The predicted molar refractivity (Wildman–Crippen MR) is 130 cm³/mol. The highest BCUT2D eigenvalue weighted by Crippen LogP contribution is 2.28. The van der Waals surface area contributed by atoms with Crippen molar-refractivity contribution < 1.29 is 4.79 Å². The van der Waals surface area contributed by atoms with Crippen molar-refractivity contribution in [1.29, 1.82) is 0 Å². The van der Waals surface area contributed by atoms with Crippen molar-refractivity contribution in [3.05, 3.63) is 71.6 Å². The zero-order chi connectivity index (χ0) is 22.6. The van der Waals surface area contributed by atoms with Crippen LogP contribution in [0.3, 0.4) is 0 Å². The summed E-state index contributed by atoms with van der Waals surface area (Å²) in [5, 5.41) is 7.53. The smallest absolute Gasteiger partial charge is 0.257 e. The number of pyridine rings is 1. The molecule has 0 aliphatic heterocycles. The fraction of sp³-hybridized carbons (Fsp3) is 0.240. The fourth-order valence-corrected chi connectivity index (χ4v) is 4.12. The van der Waals surface area contributed by atoms with Crippen molar-refractivity contribution in [3.63, 3.8) is 0 Å². The topological polar surface area (TPSA) is 111 Å². The van der Waals surface area contributed by atoms with Gasteiger partial charge in [-0.15, -0.1) is 0 Å². The number of nitrogen functional groups attached to an aromatic ring is 1. The van der Waals surface area contributed by atoms with E-state index in [1.54, 1.807) is 18.6 Å². The fourth-order valence-electron chi connectivity index (χ4n) is 4.12. The van der Waals surface area contributed by atoms with Gasteiger partial charge in [-0.1, -0.05) is 23.8 Å². The highest BCUT2D eigenvalue weighted by Gasteiger charge is 2.24. The minimum Gasteiger partial charge on any atom is -0.383 e. The molecule has 1 amide bonds. The standard InChI is InChI=1S/C25H25N7O/c26-23-21(25(33)28-15-12-17-6-2-1-3-7-17)22-24(31-20-9-5-4-8-19(20)30-22)32(23)29-16-18-10-13-27-14-11-18/h4-6,8-11,13-14,16H,1-3,7,12,15,26H2,(H,28,33)/b29-16-. The maximum atomic E-state index is 13.2. The van der Waals surface area contributed by atoms with E-state index in [1.807, 2.05) is 36.4 Å². The number of carbonyl (C=O) groups excluding carboxylic acids is 1. The molecule has 1 aromatic carbocycles. The number of nitrogens with one attached hydrogen (secondary N) is 1. The molecule has 166 valence electrons. The quantitative estimate of drug-likeness (QED) is 0.348. The monoisotopic (exact) mass is 439 g/mol. The number of anilines is 1. The SMILES string of the molecule is Nc1c(C(=O)NCCC2=CCCCC2)c2nc3ccccc3nc2n1/N=C\c1ccncc1. The third-order valence-electron chi connectivity index (χ3n) is 5.85. The van der Waals surface area contributed by atoms with Gasteiger partial charge in [0.2, 0.25) is 0 Å². The summed E-state index contributed by atoms with van der Waals surface area (Å²) in [5.74, 6) is -0.0589. The second-order valence-corrected chi connectivity index (χ2v) is 8.10. The van der Waals surface area contributed by atoms with Gasteiger partial charge in [0.05, 0.1) is 17.2 Å². The molecule has 8 nitrogen and oxygen atoms in total. The lowest BCUT2D eigenvalue weighted by Gasteiger charge is -2.12. The molecule has 33 heavy (non-hydrogen) atoms. The van der Waals surface area contributed by atoms with Gasteiger partial charge in [0, 0.05) is 18.9 Å². The molecule has 4 aromatic rings. The molecule has 0 saturated carbocycles. The van der Waals surface area contributed by atoms with Crippen LogP contribution in [-0.2, 0) is 0 Å². The van der Waals surface area contributed by atoms with Gasteiger partial charge in [-0.25, -0.2) is 9.97 Å². The van der Waals surface area contributed by atoms with Crippen molar-refractivity contribution in [3.8, 4) is 0 Å². The maximum Gasteiger partial charge on any atom is 0.257 e. The molecule has 0 atom stereocenters. The van der Waals surface area contributed by atoms with Crippen molar-refractivity contribution in [1.82, 2.24) is 24.9 Å². The number of amides is 1. The molecule has 0 radical (unpaired) electrons. The van der Waals surface area contributed by atoms with Gasteiger partial charge in [-0.2, -0.15) is 9.78 Å². The summed E-state index contributed by atoms with van der Waals surface area (Å²) in [5.41, 5.74) is 11.3. The molecular formula is C25H25N7O. The van der Waals surface area contributed by atoms with Gasteiger partial charge in [-0.05, 0) is 61.9 Å². The molecule has 8 heteroatoms. The van der Waals surface area contributed by atoms with Crippen molar-refractivity contribution in [2.75, 3.05) is 12.3 Å². The number of carbonyl (C=O) groups is 1. The average molecular weight is 440 g/mol. The minimum atomic E-state index is -0.267. The number of aromatic nitrogens is 4. The number of hydrogen-bond donors (Lipinski definition) is 2. The van der Waals surface area contributed by atoms with Crippen LogP contribution in [0.25, 0.3) is 22.2 Å². The van der Waals surface area contributed by atoms with E-state index < -0.39 is 0 Å². The molecule has 0 unspecified atom stereocenters.